The topological polar surface area (TPSA) is 127 Å². The Bertz CT molecular complexity index is 1900. The molecule has 9 nitrogen and oxygen atoms in total. The van der Waals surface area contributed by atoms with E-state index in [1.807, 2.05) is 43.3 Å². The average molecular weight is 701 g/mol. The number of carbonyl (C=O) groups excluding carboxylic acids is 3. The lowest BCUT2D eigenvalue weighted by Crippen LogP contribution is -2.53. The van der Waals surface area contributed by atoms with Crippen molar-refractivity contribution in [2.75, 3.05) is 23.5 Å². The number of halogens is 2. The first-order valence-corrected chi connectivity index (χ1v) is 15.2. The van der Waals surface area contributed by atoms with Gasteiger partial charge in [-0.1, -0.05) is 41.9 Å². The second kappa shape index (κ2) is 14.5. The highest BCUT2D eigenvalue weighted by atomic mass is 79.9. The van der Waals surface area contributed by atoms with E-state index in [-0.39, 0.29) is 42.9 Å². The zero-order chi connectivity index (χ0) is 32.2. The Labute approximate surface area is 281 Å². The van der Waals surface area contributed by atoms with Crippen LogP contribution in [0.1, 0.15) is 47.3 Å². The van der Waals surface area contributed by atoms with Crippen LogP contribution in [0, 0.1) is 28.6 Å². The number of anilines is 2. The van der Waals surface area contributed by atoms with Crippen molar-refractivity contribution in [3.05, 3.63) is 99.5 Å². The molecule has 5 rings (SSSR count). The highest BCUT2D eigenvalue weighted by Crippen LogP contribution is 2.38. The molecule has 0 saturated carbocycles. The van der Waals surface area contributed by atoms with Gasteiger partial charge in [0.25, 0.3) is 11.8 Å². The van der Waals surface area contributed by atoms with Crippen molar-refractivity contribution < 1.29 is 19.1 Å². The smallest absolute Gasteiger partial charge is 0.258 e. The molecule has 0 aromatic heterocycles. The highest BCUT2D eigenvalue weighted by Gasteiger charge is 2.38. The van der Waals surface area contributed by atoms with Gasteiger partial charge in [-0.3, -0.25) is 14.4 Å². The molecule has 4 aromatic rings. The van der Waals surface area contributed by atoms with Crippen molar-refractivity contribution in [3.63, 3.8) is 0 Å². The number of hydrogen-bond acceptors (Lipinski definition) is 6. The van der Waals surface area contributed by atoms with Crippen LogP contribution in [0.2, 0.25) is 0 Å². The summed E-state index contributed by atoms with van der Waals surface area (Å²) < 4.78 is 6.64. The van der Waals surface area contributed by atoms with Gasteiger partial charge in [-0.25, -0.2) is 0 Å². The van der Waals surface area contributed by atoms with Crippen molar-refractivity contribution in [1.82, 2.24) is 5.32 Å². The van der Waals surface area contributed by atoms with Gasteiger partial charge in [-0.05, 0) is 77.9 Å². The molecule has 1 aliphatic rings. The largest absolute Gasteiger partial charge is 0.496 e. The number of fused-ring (bicyclic) bond motifs is 2. The number of carbonyl (C=O) groups is 3. The Morgan fingerprint density at radius 2 is 1.70 bits per heavy atom. The molecule has 0 bridgehead atoms. The van der Waals surface area contributed by atoms with Gasteiger partial charge in [0.15, 0.2) is 0 Å². The molecule has 4 aromatic carbocycles. The fourth-order valence-corrected chi connectivity index (χ4v) is 5.74. The van der Waals surface area contributed by atoms with E-state index in [1.54, 1.807) is 61.4 Å². The summed E-state index contributed by atoms with van der Waals surface area (Å²) in [6.07, 6.45) is 0.568. The third-order valence-corrected chi connectivity index (χ3v) is 8.58. The Morgan fingerprint density at radius 3 is 2.35 bits per heavy atom. The van der Waals surface area contributed by atoms with Crippen molar-refractivity contribution in [3.8, 4) is 17.9 Å². The fourth-order valence-electron chi connectivity index (χ4n) is 5.37. The van der Waals surface area contributed by atoms with E-state index < -0.39 is 17.9 Å². The van der Waals surface area contributed by atoms with Crippen molar-refractivity contribution >= 4 is 68.2 Å². The van der Waals surface area contributed by atoms with Crippen LogP contribution in [-0.2, 0) is 16.1 Å². The molecule has 0 aliphatic carbocycles. The van der Waals surface area contributed by atoms with Gasteiger partial charge in [-0.2, -0.15) is 10.5 Å². The summed E-state index contributed by atoms with van der Waals surface area (Å²) in [5.74, 6) is -0.952. The van der Waals surface area contributed by atoms with Crippen LogP contribution in [0.4, 0.5) is 11.4 Å². The van der Waals surface area contributed by atoms with Gasteiger partial charge in [0.2, 0.25) is 5.91 Å². The Morgan fingerprint density at radius 1 is 1.00 bits per heavy atom. The van der Waals surface area contributed by atoms with E-state index >= 15 is 0 Å². The SMILES string of the molecule is CC[C@@H](C)C(=O)N[C@H]1CN(C(=O)c2ccc(C#N)cc2)c2cc(C#N)ccc2N(Cc2c(OC)ccc3cc(Br)ccc23)C1=O.Cl. The normalized spacial score (nSPS) is 14.7. The number of benzene rings is 4. The van der Waals surface area contributed by atoms with E-state index in [1.165, 1.54) is 4.90 Å². The third-order valence-electron chi connectivity index (χ3n) is 8.08. The Kier molecular flexibility index (Phi) is 10.7. The van der Waals surface area contributed by atoms with Crippen LogP contribution < -0.4 is 19.9 Å². The van der Waals surface area contributed by atoms with Gasteiger partial charge < -0.3 is 19.9 Å². The molecule has 11 heteroatoms. The summed E-state index contributed by atoms with van der Waals surface area (Å²) in [5.41, 5.74) is 2.47. The maximum absolute atomic E-state index is 14.5. The molecule has 0 saturated heterocycles. The van der Waals surface area contributed by atoms with Gasteiger partial charge in [-0.15, -0.1) is 12.4 Å². The Balaban J connectivity index is 0.00000480. The quantitative estimate of drug-likeness (QED) is 0.235. The zero-order valence-electron chi connectivity index (χ0n) is 25.4. The summed E-state index contributed by atoms with van der Waals surface area (Å²) in [6, 6.07) is 23.7. The predicted octanol–water partition coefficient (Wildman–Crippen LogP) is 6.50. The molecule has 2 atom stereocenters. The zero-order valence-corrected chi connectivity index (χ0v) is 27.8. The van der Waals surface area contributed by atoms with Crippen LogP contribution >= 0.6 is 28.3 Å². The minimum absolute atomic E-state index is 0. The first kappa shape index (κ1) is 34.0. The van der Waals surface area contributed by atoms with Gasteiger partial charge >= 0.3 is 0 Å². The second-order valence-electron chi connectivity index (χ2n) is 10.8. The lowest BCUT2D eigenvalue weighted by atomic mass is 10.0. The minimum Gasteiger partial charge on any atom is -0.496 e. The van der Waals surface area contributed by atoms with E-state index in [4.69, 9.17) is 4.74 Å². The van der Waals surface area contributed by atoms with Gasteiger partial charge in [0.1, 0.15) is 11.8 Å². The minimum atomic E-state index is -1.10. The van der Waals surface area contributed by atoms with Gasteiger partial charge in [0.05, 0.1) is 54.8 Å². The average Bonchev–Trinajstić information content (AvgIpc) is 3.17. The molecule has 0 unspecified atom stereocenters. The molecular weight excluding hydrogens is 670 g/mol. The van der Waals surface area contributed by atoms with Crippen molar-refractivity contribution in [1.29, 1.82) is 10.5 Å². The third kappa shape index (κ3) is 6.69. The molecule has 1 heterocycles. The maximum atomic E-state index is 14.5. The number of nitrogens with one attached hydrogen (secondary N) is 1. The molecule has 234 valence electrons. The summed E-state index contributed by atoms with van der Waals surface area (Å²) >= 11 is 3.53. The predicted molar refractivity (Wildman–Crippen MR) is 182 cm³/mol. The summed E-state index contributed by atoms with van der Waals surface area (Å²) in [5, 5.41) is 23.7. The number of ether oxygens (including phenoxy) is 1. The van der Waals surface area contributed by atoms with Crippen LogP contribution in [0.25, 0.3) is 10.8 Å². The van der Waals surface area contributed by atoms with E-state index in [9.17, 15) is 24.9 Å². The van der Waals surface area contributed by atoms with Crippen LogP contribution in [0.15, 0.2) is 77.3 Å². The van der Waals surface area contributed by atoms with E-state index in [2.05, 4.69) is 27.3 Å². The number of nitrogens with zero attached hydrogens (tertiary/aromatic N) is 4. The first-order chi connectivity index (χ1) is 21.7. The molecule has 3 amide bonds. The molecule has 0 radical (unpaired) electrons. The van der Waals surface area contributed by atoms with Crippen LogP contribution in [0.3, 0.4) is 0 Å². The molecule has 46 heavy (non-hydrogen) atoms. The summed E-state index contributed by atoms with van der Waals surface area (Å²) in [7, 11) is 1.56. The number of methoxy groups -OCH3 is 1. The molecular formula is C35H31BrClN5O4. The highest BCUT2D eigenvalue weighted by molar-refractivity contribution is 9.10. The van der Waals surface area contributed by atoms with Crippen molar-refractivity contribution in [2.24, 2.45) is 5.92 Å². The van der Waals surface area contributed by atoms with Crippen molar-refractivity contribution in [2.45, 2.75) is 32.9 Å². The Hall–Kier alpha value is -4.90. The molecule has 0 fully saturated rings. The molecule has 0 spiro atoms. The van der Waals surface area contributed by atoms with E-state index in [0.717, 1.165) is 20.8 Å². The number of amides is 3. The molecule has 1 aliphatic heterocycles. The second-order valence-corrected chi connectivity index (χ2v) is 11.7. The van der Waals surface area contributed by atoms with Gasteiger partial charge in [0, 0.05) is 21.5 Å². The maximum Gasteiger partial charge on any atom is 0.258 e. The lowest BCUT2D eigenvalue weighted by Gasteiger charge is -2.27. The fraction of sp³-hybridized carbons (Fsp3) is 0.229. The monoisotopic (exact) mass is 699 g/mol. The summed E-state index contributed by atoms with van der Waals surface area (Å²) in [6.45, 7) is 3.56. The standard InChI is InChI=1S/C35H30BrN5O4.ClH/c1-4-21(2)33(42)39-29-20-41(34(43)24-8-5-22(17-37)6-9-24)31-15-23(18-38)7-13-30(31)40(35(29)44)19-28-27-12-11-26(36)16-25(27)10-14-32(28)45-3;/h5-16,21,29H,4,19-20H2,1-3H3,(H,39,42);1H/t21-,29+;/m1./s1. The number of rotatable bonds is 7. The van der Waals surface area contributed by atoms with E-state index in [0.29, 0.717) is 34.7 Å². The van der Waals surface area contributed by atoms with Crippen LogP contribution in [0.5, 0.6) is 5.75 Å². The lowest BCUT2D eigenvalue weighted by molar-refractivity contribution is -0.129. The van der Waals surface area contributed by atoms with Crippen LogP contribution in [-0.4, -0.2) is 37.4 Å². The number of hydrogen-bond donors (Lipinski definition) is 1. The summed E-state index contributed by atoms with van der Waals surface area (Å²) in [4.78, 5) is 44.8. The molecule has 1 N–H and O–H groups in total. The first-order valence-electron chi connectivity index (χ1n) is 14.4. The number of nitriles is 2.